The molecule has 0 saturated carbocycles. The van der Waals surface area contributed by atoms with Crippen LogP contribution in [0, 0.1) is 6.92 Å². The highest BCUT2D eigenvalue weighted by Gasteiger charge is 2.04. The highest BCUT2D eigenvalue weighted by atomic mass is 16.5. The number of benzene rings is 1. The van der Waals surface area contributed by atoms with Crippen LogP contribution >= 0.6 is 0 Å². The molecule has 0 unspecified atom stereocenters. The van der Waals surface area contributed by atoms with E-state index in [1.807, 2.05) is 12.1 Å². The maximum Gasteiger partial charge on any atom is 0.213 e. The zero-order valence-corrected chi connectivity index (χ0v) is 10.1. The van der Waals surface area contributed by atoms with Crippen molar-refractivity contribution in [3.63, 3.8) is 0 Å². The van der Waals surface area contributed by atoms with E-state index in [1.54, 1.807) is 13.3 Å². The summed E-state index contributed by atoms with van der Waals surface area (Å²) in [6.45, 7) is 2.65. The van der Waals surface area contributed by atoms with E-state index < -0.39 is 0 Å². The van der Waals surface area contributed by atoms with Gasteiger partial charge in [-0.15, -0.1) is 0 Å². The van der Waals surface area contributed by atoms with Crippen molar-refractivity contribution >= 4 is 0 Å². The van der Waals surface area contributed by atoms with Gasteiger partial charge in [-0.05, 0) is 35.2 Å². The molecule has 2 N–H and O–H groups in total. The van der Waals surface area contributed by atoms with Gasteiger partial charge >= 0.3 is 0 Å². The normalized spacial score (nSPS) is 10.3. The van der Waals surface area contributed by atoms with Gasteiger partial charge in [0.05, 0.1) is 7.11 Å². The number of ether oxygens (including phenoxy) is 1. The predicted molar refractivity (Wildman–Crippen MR) is 68.9 cm³/mol. The standard InChI is InChI=1S/C14H16N2O/c1-10-7-11(9-15)3-4-13(10)12-5-6-16-14(8-12)17-2/h3-8H,9,15H2,1-2H3. The monoisotopic (exact) mass is 228 g/mol. The maximum absolute atomic E-state index is 5.62. The minimum atomic E-state index is 0.570. The molecule has 3 nitrogen and oxygen atoms in total. The summed E-state index contributed by atoms with van der Waals surface area (Å²) >= 11 is 0. The van der Waals surface area contributed by atoms with Gasteiger partial charge in [-0.25, -0.2) is 4.98 Å². The maximum atomic E-state index is 5.62. The Kier molecular flexibility index (Phi) is 3.40. The summed E-state index contributed by atoms with van der Waals surface area (Å²) in [6, 6.07) is 10.2. The summed E-state index contributed by atoms with van der Waals surface area (Å²) in [5, 5.41) is 0. The average molecular weight is 228 g/mol. The highest BCUT2D eigenvalue weighted by molar-refractivity contribution is 5.68. The Balaban J connectivity index is 2.45. The number of hydrogen-bond acceptors (Lipinski definition) is 3. The summed E-state index contributed by atoms with van der Waals surface area (Å²) in [5.74, 6) is 0.629. The molecule has 0 bridgehead atoms. The molecule has 0 saturated heterocycles. The van der Waals surface area contributed by atoms with E-state index in [0.717, 1.165) is 11.1 Å². The topological polar surface area (TPSA) is 48.1 Å². The van der Waals surface area contributed by atoms with Crippen molar-refractivity contribution in [2.75, 3.05) is 7.11 Å². The summed E-state index contributed by atoms with van der Waals surface area (Å²) in [7, 11) is 1.62. The van der Waals surface area contributed by atoms with Gasteiger partial charge in [0.25, 0.3) is 0 Å². The van der Waals surface area contributed by atoms with Crippen molar-refractivity contribution in [3.8, 4) is 17.0 Å². The molecule has 1 aromatic heterocycles. The van der Waals surface area contributed by atoms with Crippen LogP contribution in [-0.2, 0) is 6.54 Å². The van der Waals surface area contributed by atoms with Crippen molar-refractivity contribution in [2.24, 2.45) is 5.73 Å². The molecule has 3 heteroatoms. The number of nitrogens with zero attached hydrogens (tertiary/aromatic N) is 1. The van der Waals surface area contributed by atoms with Crippen LogP contribution in [0.1, 0.15) is 11.1 Å². The fourth-order valence-electron chi connectivity index (χ4n) is 1.87. The van der Waals surface area contributed by atoms with Crippen LogP contribution < -0.4 is 10.5 Å². The third kappa shape index (κ3) is 2.45. The lowest BCUT2D eigenvalue weighted by molar-refractivity contribution is 0.398. The molecule has 0 amide bonds. The van der Waals surface area contributed by atoms with Gasteiger partial charge in [0, 0.05) is 18.8 Å². The van der Waals surface area contributed by atoms with Gasteiger partial charge in [-0.1, -0.05) is 18.2 Å². The number of aromatic nitrogens is 1. The molecule has 88 valence electrons. The Labute approximate surface area is 101 Å². The number of pyridine rings is 1. The van der Waals surface area contributed by atoms with E-state index in [2.05, 4.69) is 30.1 Å². The van der Waals surface area contributed by atoms with Crippen LogP contribution in [0.5, 0.6) is 5.88 Å². The first-order valence-electron chi connectivity index (χ1n) is 5.54. The van der Waals surface area contributed by atoms with Crippen molar-refractivity contribution in [1.82, 2.24) is 4.98 Å². The molecule has 0 atom stereocenters. The van der Waals surface area contributed by atoms with Crippen LogP contribution in [0.25, 0.3) is 11.1 Å². The van der Waals surface area contributed by atoms with Gasteiger partial charge < -0.3 is 10.5 Å². The van der Waals surface area contributed by atoms with Gasteiger partial charge in [-0.3, -0.25) is 0 Å². The summed E-state index contributed by atoms with van der Waals surface area (Å²) in [4.78, 5) is 4.10. The zero-order valence-electron chi connectivity index (χ0n) is 10.1. The van der Waals surface area contributed by atoms with Crippen LogP contribution in [-0.4, -0.2) is 12.1 Å². The van der Waals surface area contributed by atoms with Crippen molar-refractivity contribution < 1.29 is 4.74 Å². The lowest BCUT2D eigenvalue weighted by atomic mass is 9.99. The Morgan fingerprint density at radius 3 is 2.71 bits per heavy atom. The number of methoxy groups -OCH3 is 1. The molecule has 17 heavy (non-hydrogen) atoms. The SMILES string of the molecule is COc1cc(-c2ccc(CN)cc2C)ccn1. The largest absolute Gasteiger partial charge is 0.481 e. The smallest absolute Gasteiger partial charge is 0.213 e. The molecule has 0 aliphatic rings. The molecule has 0 aliphatic carbocycles. The van der Waals surface area contributed by atoms with Gasteiger partial charge in [-0.2, -0.15) is 0 Å². The second-order valence-electron chi connectivity index (χ2n) is 3.94. The second kappa shape index (κ2) is 4.97. The number of aryl methyl sites for hydroxylation is 1. The Bertz CT molecular complexity index is 523. The van der Waals surface area contributed by atoms with E-state index in [9.17, 15) is 0 Å². The molecule has 0 fully saturated rings. The van der Waals surface area contributed by atoms with Crippen LogP contribution in [0.4, 0.5) is 0 Å². The fraction of sp³-hybridized carbons (Fsp3) is 0.214. The summed E-state index contributed by atoms with van der Waals surface area (Å²) < 4.78 is 5.13. The Morgan fingerprint density at radius 1 is 1.24 bits per heavy atom. The van der Waals surface area contributed by atoms with E-state index in [0.29, 0.717) is 12.4 Å². The zero-order chi connectivity index (χ0) is 12.3. The molecule has 0 aliphatic heterocycles. The molecule has 2 rings (SSSR count). The van der Waals surface area contributed by atoms with Gasteiger partial charge in [0.1, 0.15) is 0 Å². The Morgan fingerprint density at radius 2 is 2.06 bits per heavy atom. The average Bonchev–Trinajstić information content (AvgIpc) is 2.38. The Hall–Kier alpha value is -1.87. The van der Waals surface area contributed by atoms with Crippen LogP contribution in [0.15, 0.2) is 36.5 Å². The lowest BCUT2D eigenvalue weighted by Gasteiger charge is -2.08. The first-order valence-corrected chi connectivity index (χ1v) is 5.54. The van der Waals surface area contributed by atoms with Crippen LogP contribution in [0.3, 0.4) is 0 Å². The summed E-state index contributed by atoms with van der Waals surface area (Å²) in [6.07, 6.45) is 1.75. The molecule has 2 aromatic rings. The van der Waals surface area contributed by atoms with Gasteiger partial charge in [0.2, 0.25) is 5.88 Å². The molecular weight excluding hydrogens is 212 g/mol. The van der Waals surface area contributed by atoms with Gasteiger partial charge in [0.15, 0.2) is 0 Å². The molecule has 1 aromatic carbocycles. The fourth-order valence-corrected chi connectivity index (χ4v) is 1.87. The summed E-state index contributed by atoms with van der Waals surface area (Å²) in [5.41, 5.74) is 10.3. The quantitative estimate of drug-likeness (QED) is 0.878. The molecular formula is C14H16N2O. The molecule has 0 spiro atoms. The minimum Gasteiger partial charge on any atom is -0.481 e. The number of hydrogen-bond donors (Lipinski definition) is 1. The van der Waals surface area contributed by atoms with E-state index in [1.165, 1.54) is 11.1 Å². The molecule has 0 radical (unpaired) electrons. The first kappa shape index (κ1) is 11.6. The third-order valence-corrected chi connectivity index (χ3v) is 2.78. The number of nitrogens with two attached hydrogens (primary N) is 1. The van der Waals surface area contributed by atoms with E-state index in [-0.39, 0.29) is 0 Å². The van der Waals surface area contributed by atoms with Crippen LogP contribution in [0.2, 0.25) is 0 Å². The van der Waals surface area contributed by atoms with Crippen molar-refractivity contribution in [3.05, 3.63) is 47.7 Å². The third-order valence-electron chi connectivity index (χ3n) is 2.78. The predicted octanol–water partition coefficient (Wildman–Crippen LogP) is 2.52. The van der Waals surface area contributed by atoms with Crippen molar-refractivity contribution in [2.45, 2.75) is 13.5 Å². The van der Waals surface area contributed by atoms with Crippen molar-refractivity contribution in [1.29, 1.82) is 0 Å². The number of rotatable bonds is 3. The van der Waals surface area contributed by atoms with E-state index in [4.69, 9.17) is 10.5 Å². The lowest BCUT2D eigenvalue weighted by Crippen LogP contribution is -1.97. The first-order chi connectivity index (χ1) is 8.24. The minimum absolute atomic E-state index is 0.570. The van der Waals surface area contributed by atoms with E-state index >= 15 is 0 Å². The highest BCUT2D eigenvalue weighted by Crippen LogP contribution is 2.26. The molecule has 1 heterocycles. The second-order valence-corrected chi connectivity index (χ2v) is 3.94.